The van der Waals surface area contributed by atoms with Gasteiger partial charge in [0.15, 0.2) is 9.84 Å². The van der Waals surface area contributed by atoms with Crippen molar-refractivity contribution in [1.29, 1.82) is 0 Å². The van der Waals surface area contributed by atoms with Crippen LogP contribution in [0.25, 0.3) is 0 Å². The van der Waals surface area contributed by atoms with E-state index in [0.29, 0.717) is 30.4 Å². The van der Waals surface area contributed by atoms with Gasteiger partial charge in [0, 0.05) is 44.9 Å². The van der Waals surface area contributed by atoms with Crippen LogP contribution in [0.15, 0.2) is 59.5 Å². The summed E-state index contributed by atoms with van der Waals surface area (Å²) in [7, 11) is -3.24. The number of ether oxygens (including phenoxy) is 1. The lowest BCUT2D eigenvalue weighted by molar-refractivity contribution is -0.139. The largest absolute Gasteiger partial charge is 0.446 e. The fourth-order valence-corrected chi connectivity index (χ4v) is 8.20. The topological polar surface area (TPSA) is 87.2 Å². The number of hydrogen-bond acceptors (Lipinski definition) is 6. The van der Waals surface area contributed by atoms with Crippen LogP contribution in [0.3, 0.4) is 0 Å². The monoisotopic (exact) mass is 593 g/mol. The average molecular weight is 594 g/mol. The molecule has 3 aliphatic heterocycles. The molecule has 2 amide bonds. The first-order valence-electron chi connectivity index (χ1n) is 15.5. The van der Waals surface area contributed by atoms with Gasteiger partial charge in [0.2, 0.25) is 5.91 Å². The molecule has 0 radical (unpaired) electrons. The second-order valence-corrected chi connectivity index (χ2v) is 15.0. The lowest BCUT2D eigenvalue weighted by atomic mass is 9.76. The zero-order valence-corrected chi connectivity index (χ0v) is 25.4. The standard InChI is InChI=1S/C33H43N3O5S/c1-42(39,40)29-13-11-25(12-14-29)21-35-20-17-33(31(35)37)15-18-34(19-16-33)22-27-23-36(32(38)41-28-9-5-6-10-28)24-30(27)26-7-3-2-4-8-26/h2-4,7-8,11-14,27-28,30H,5-6,9-10,15-24H2,1H3/t27-,30?/m0/s1. The van der Waals surface area contributed by atoms with Gasteiger partial charge in [-0.25, -0.2) is 13.2 Å². The summed E-state index contributed by atoms with van der Waals surface area (Å²) in [6, 6.07) is 17.4. The Hall–Kier alpha value is -2.91. The van der Waals surface area contributed by atoms with Gasteiger partial charge in [0.25, 0.3) is 0 Å². The molecule has 1 aliphatic carbocycles. The summed E-state index contributed by atoms with van der Waals surface area (Å²) >= 11 is 0. The fraction of sp³-hybridized carbons (Fsp3) is 0.576. The average Bonchev–Trinajstić information content (AvgIpc) is 3.72. The van der Waals surface area contributed by atoms with Crippen LogP contribution in [-0.4, -0.2) is 86.7 Å². The van der Waals surface area contributed by atoms with Crippen LogP contribution in [0, 0.1) is 11.3 Å². The summed E-state index contributed by atoms with van der Waals surface area (Å²) in [5.74, 6) is 0.831. The van der Waals surface area contributed by atoms with Crippen LogP contribution in [0.2, 0.25) is 0 Å². The van der Waals surface area contributed by atoms with Gasteiger partial charge < -0.3 is 19.4 Å². The Morgan fingerprint density at radius 1 is 0.929 bits per heavy atom. The van der Waals surface area contributed by atoms with Crippen molar-refractivity contribution in [3.8, 4) is 0 Å². The van der Waals surface area contributed by atoms with Gasteiger partial charge in [-0.1, -0.05) is 42.5 Å². The molecule has 0 N–H and O–H groups in total. The number of carbonyl (C=O) groups excluding carboxylic acids is 2. The first-order chi connectivity index (χ1) is 20.2. The Bertz CT molecular complexity index is 1370. The van der Waals surface area contributed by atoms with E-state index in [1.165, 1.54) is 11.8 Å². The Balaban J connectivity index is 1.06. The summed E-state index contributed by atoms with van der Waals surface area (Å²) in [5.41, 5.74) is 1.93. The molecule has 226 valence electrons. The van der Waals surface area contributed by atoms with Crippen LogP contribution < -0.4 is 0 Å². The molecular formula is C33H43N3O5S. The van der Waals surface area contributed by atoms with Gasteiger partial charge in [0.1, 0.15) is 6.10 Å². The predicted octanol–water partition coefficient (Wildman–Crippen LogP) is 4.70. The summed E-state index contributed by atoms with van der Waals surface area (Å²) in [5, 5.41) is 0. The number of hydrogen-bond donors (Lipinski definition) is 0. The number of nitrogens with zero attached hydrogens (tertiary/aromatic N) is 3. The predicted molar refractivity (Wildman–Crippen MR) is 161 cm³/mol. The summed E-state index contributed by atoms with van der Waals surface area (Å²) < 4.78 is 29.4. The van der Waals surface area contributed by atoms with Crippen molar-refractivity contribution in [2.75, 3.05) is 45.5 Å². The van der Waals surface area contributed by atoms with E-state index in [2.05, 4.69) is 29.2 Å². The highest BCUT2D eigenvalue weighted by atomic mass is 32.2. The van der Waals surface area contributed by atoms with E-state index in [1.54, 1.807) is 12.1 Å². The molecule has 0 aromatic heterocycles. The second kappa shape index (κ2) is 12.0. The van der Waals surface area contributed by atoms with Crippen LogP contribution in [0.5, 0.6) is 0 Å². The lowest BCUT2D eigenvalue weighted by Gasteiger charge is -2.39. The van der Waals surface area contributed by atoms with E-state index in [9.17, 15) is 18.0 Å². The van der Waals surface area contributed by atoms with Crippen molar-refractivity contribution in [1.82, 2.24) is 14.7 Å². The van der Waals surface area contributed by atoms with Crippen LogP contribution in [0.1, 0.15) is 62.0 Å². The van der Waals surface area contributed by atoms with Crippen molar-refractivity contribution < 1.29 is 22.7 Å². The highest BCUT2D eigenvalue weighted by molar-refractivity contribution is 7.90. The summed E-state index contributed by atoms with van der Waals surface area (Å²) in [6.07, 6.45) is 7.93. The number of rotatable bonds is 7. The summed E-state index contributed by atoms with van der Waals surface area (Å²) in [4.78, 5) is 33.3. The third kappa shape index (κ3) is 6.23. The van der Waals surface area contributed by atoms with E-state index in [0.717, 1.165) is 76.7 Å². The highest BCUT2D eigenvalue weighted by Gasteiger charge is 2.48. The van der Waals surface area contributed by atoms with Gasteiger partial charge in [0.05, 0.1) is 10.3 Å². The molecule has 1 saturated carbocycles. The Morgan fingerprint density at radius 2 is 1.60 bits per heavy atom. The maximum Gasteiger partial charge on any atom is 0.410 e. The molecule has 4 aliphatic rings. The molecule has 8 nitrogen and oxygen atoms in total. The minimum atomic E-state index is -3.24. The molecule has 3 heterocycles. The zero-order valence-electron chi connectivity index (χ0n) is 24.6. The Kier molecular flexibility index (Phi) is 8.33. The van der Waals surface area contributed by atoms with Crippen molar-refractivity contribution in [2.45, 2.75) is 68.4 Å². The Labute approximate surface area is 249 Å². The van der Waals surface area contributed by atoms with Crippen molar-refractivity contribution in [2.24, 2.45) is 11.3 Å². The highest BCUT2D eigenvalue weighted by Crippen LogP contribution is 2.43. The van der Waals surface area contributed by atoms with Gasteiger partial charge in [-0.2, -0.15) is 0 Å². The number of likely N-dealkylation sites (tertiary alicyclic amines) is 3. The van der Waals surface area contributed by atoms with Gasteiger partial charge in [-0.05, 0) is 87.2 Å². The maximum atomic E-state index is 13.6. The minimum Gasteiger partial charge on any atom is -0.446 e. The molecule has 2 aromatic carbocycles. The molecule has 4 fully saturated rings. The second-order valence-electron chi connectivity index (χ2n) is 12.9. The number of amides is 2. The zero-order chi connectivity index (χ0) is 29.3. The molecule has 1 unspecified atom stereocenters. The number of piperidine rings is 1. The molecule has 9 heteroatoms. The molecule has 1 spiro atoms. The molecule has 0 bridgehead atoms. The van der Waals surface area contributed by atoms with E-state index >= 15 is 0 Å². The molecule has 3 saturated heterocycles. The van der Waals surface area contributed by atoms with Crippen LogP contribution >= 0.6 is 0 Å². The minimum absolute atomic E-state index is 0.0698. The maximum absolute atomic E-state index is 13.6. The van der Waals surface area contributed by atoms with Gasteiger partial charge >= 0.3 is 6.09 Å². The molecule has 6 rings (SSSR count). The SMILES string of the molecule is CS(=O)(=O)c1ccc(CN2CCC3(CCN(C[C@H]4CN(C(=O)OC5CCCC5)CC4c4ccccc4)CC3)C2=O)cc1. The van der Waals surface area contributed by atoms with Crippen LogP contribution in [0.4, 0.5) is 4.79 Å². The first kappa shape index (κ1) is 29.2. The number of carbonyl (C=O) groups is 2. The normalized spacial score (nSPS) is 25.0. The van der Waals surface area contributed by atoms with E-state index in [-0.39, 0.29) is 29.4 Å². The summed E-state index contributed by atoms with van der Waals surface area (Å²) in [6.45, 7) is 5.33. The fourth-order valence-electron chi connectivity index (χ4n) is 7.57. The van der Waals surface area contributed by atoms with Crippen molar-refractivity contribution in [3.63, 3.8) is 0 Å². The quantitative estimate of drug-likeness (QED) is 0.463. The lowest BCUT2D eigenvalue weighted by Crippen LogP contribution is -2.46. The van der Waals surface area contributed by atoms with E-state index in [1.807, 2.05) is 28.0 Å². The third-order valence-corrected chi connectivity index (χ3v) is 11.3. The number of benzene rings is 2. The third-order valence-electron chi connectivity index (χ3n) is 10.1. The van der Waals surface area contributed by atoms with Crippen LogP contribution in [-0.2, 0) is 25.9 Å². The first-order valence-corrected chi connectivity index (χ1v) is 17.4. The van der Waals surface area contributed by atoms with Crippen molar-refractivity contribution >= 4 is 21.8 Å². The molecule has 42 heavy (non-hydrogen) atoms. The molecule has 2 aromatic rings. The number of sulfone groups is 1. The molecular weight excluding hydrogens is 550 g/mol. The Morgan fingerprint density at radius 3 is 2.26 bits per heavy atom. The van der Waals surface area contributed by atoms with E-state index < -0.39 is 9.84 Å². The van der Waals surface area contributed by atoms with E-state index in [4.69, 9.17) is 4.74 Å². The smallest absolute Gasteiger partial charge is 0.410 e. The van der Waals surface area contributed by atoms with Gasteiger partial charge in [-0.15, -0.1) is 0 Å². The molecule has 2 atom stereocenters. The van der Waals surface area contributed by atoms with Gasteiger partial charge in [-0.3, -0.25) is 4.79 Å². The van der Waals surface area contributed by atoms with Crippen molar-refractivity contribution in [3.05, 3.63) is 65.7 Å².